The summed E-state index contributed by atoms with van der Waals surface area (Å²) in [5.74, 6) is 1.18. The average Bonchev–Trinajstić information content (AvgIpc) is 2.55. The topological polar surface area (TPSA) is 93.5 Å². The lowest BCUT2D eigenvalue weighted by molar-refractivity contribution is -0.123. The minimum atomic E-state index is -0.729. The zero-order chi connectivity index (χ0) is 17.5. The number of carbonyl (C=O) groups is 2. The summed E-state index contributed by atoms with van der Waals surface area (Å²) in [5, 5.41) is 5.16. The van der Waals surface area contributed by atoms with Crippen molar-refractivity contribution in [1.29, 1.82) is 0 Å². The molecular formula is C18H21N3O3. The number of para-hydroxylation sites is 1. The summed E-state index contributed by atoms with van der Waals surface area (Å²) in [6, 6.07) is 15.3. The van der Waals surface area contributed by atoms with Crippen LogP contribution in [0, 0.1) is 0 Å². The minimum absolute atomic E-state index is 0.208. The first-order valence-corrected chi connectivity index (χ1v) is 7.65. The Labute approximate surface area is 141 Å². The van der Waals surface area contributed by atoms with Crippen molar-refractivity contribution >= 4 is 11.9 Å². The fraction of sp³-hybridized carbons (Fsp3) is 0.222. The number of rotatable bonds is 6. The average molecular weight is 327 g/mol. The van der Waals surface area contributed by atoms with Crippen molar-refractivity contribution in [3.63, 3.8) is 0 Å². The smallest absolute Gasteiger partial charge is 0.312 e. The monoisotopic (exact) mass is 327 g/mol. The highest BCUT2D eigenvalue weighted by atomic mass is 16.5. The second kappa shape index (κ2) is 8.01. The highest BCUT2D eigenvalue weighted by molar-refractivity contribution is 5.86. The molecule has 2 aromatic carbocycles. The van der Waals surface area contributed by atoms with Gasteiger partial charge in [-0.1, -0.05) is 30.3 Å². The Kier molecular flexibility index (Phi) is 5.78. The Morgan fingerprint density at radius 1 is 0.917 bits per heavy atom. The molecule has 0 saturated carbocycles. The Balaban J connectivity index is 1.94. The van der Waals surface area contributed by atoms with Gasteiger partial charge in [0.05, 0.1) is 6.04 Å². The second-order valence-electron chi connectivity index (χ2n) is 5.44. The van der Waals surface area contributed by atoms with Crippen molar-refractivity contribution in [3.05, 3.63) is 60.2 Å². The van der Waals surface area contributed by atoms with Gasteiger partial charge in [-0.3, -0.25) is 4.79 Å². The first-order valence-electron chi connectivity index (χ1n) is 7.65. The van der Waals surface area contributed by atoms with Crippen LogP contribution in [-0.2, 0) is 4.79 Å². The SMILES string of the molecule is C[C@@H](NC(N)=O)C(=O)N[C@H](C)c1ccc(Oc2ccccc2)cc1. The van der Waals surface area contributed by atoms with E-state index >= 15 is 0 Å². The fourth-order valence-electron chi connectivity index (χ4n) is 2.15. The molecule has 0 spiro atoms. The molecule has 3 amide bonds. The van der Waals surface area contributed by atoms with Gasteiger partial charge in [-0.25, -0.2) is 4.79 Å². The van der Waals surface area contributed by atoms with Gasteiger partial charge in [-0.2, -0.15) is 0 Å². The van der Waals surface area contributed by atoms with Crippen LogP contribution in [0.2, 0.25) is 0 Å². The van der Waals surface area contributed by atoms with Crippen molar-refractivity contribution in [2.75, 3.05) is 0 Å². The number of nitrogens with one attached hydrogen (secondary N) is 2. The summed E-state index contributed by atoms with van der Waals surface area (Å²) in [4.78, 5) is 22.7. The molecule has 0 fully saturated rings. The predicted octanol–water partition coefficient (Wildman–Crippen LogP) is 2.71. The van der Waals surface area contributed by atoms with Crippen LogP contribution in [0.4, 0.5) is 4.79 Å². The van der Waals surface area contributed by atoms with Crippen molar-refractivity contribution in [2.24, 2.45) is 5.73 Å². The van der Waals surface area contributed by atoms with Crippen LogP contribution in [0.5, 0.6) is 11.5 Å². The largest absolute Gasteiger partial charge is 0.457 e. The third-order valence-corrected chi connectivity index (χ3v) is 3.47. The van der Waals surface area contributed by atoms with E-state index in [-0.39, 0.29) is 11.9 Å². The number of hydrogen-bond donors (Lipinski definition) is 3. The number of benzene rings is 2. The molecule has 0 unspecified atom stereocenters. The third kappa shape index (κ3) is 5.01. The molecule has 2 aromatic rings. The van der Waals surface area contributed by atoms with E-state index < -0.39 is 12.1 Å². The van der Waals surface area contributed by atoms with Gasteiger partial charge in [0.15, 0.2) is 0 Å². The van der Waals surface area contributed by atoms with Crippen LogP contribution < -0.4 is 21.1 Å². The lowest BCUT2D eigenvalue weighted by atomic mass is 10.1. The molecule has 0 aliphatic carbocycles. The van der Waals surface area contributed by atoms with Crippen LogP contribution in [-0.4, -0.2) is 18.0 Å². The number of urea groups is 1. The maximum atomic E-state index is 12.0. The van der Waals surface area contributed by atoms with Crippen LogP contribution in [0.25, 0.3) is 0 Å². The van der Waals surface area contributed by atoms with E-state index in [9.17, 15) is 9.59 Å². The standard InChI is InChI=1S/C18H21N3O3/c1-12(20-17(22)13(2)21-18(19)23)14-8-10-16(11-9-14)24-15-6-4-3-5-7-15/h3-13H,1-2H3,(H,20,22)(H3,19,21,23)/t12-,13-/m1/s1. The molecule has 126 valence electrons. The minimum Gasteiger partial charge on any atom is -0.457 e. The number of ether oxygens (including phenoxy) is 1. The number of nitrogens with two attached hydrogens (primary N) is 1. The maximum Gasteiger partial charge on any atom is 0.312 e. The van der Waals surface area contributed by atoms with E-state index in [4.69, 9.17) is 10.5 Å². The van der Waals surface area contributed by atoms with E-state index in [1.807, 2.05) is 61.5 Å². The molecule has 2 rings (SSSR count). The summed E-state index contributed by atoms with van der Waals surface area (Å²) >= 11 is 0. The molecule has 24 heavy (non-hydrogen) atoms. The van der Waals surface area contributed by atoms with Crippen molar-refractivity contribution in [3.8, 4) is 11.5 Å². The number of carbonyl (C=O) groups excluding carboxylic acids is 2. The van der Waals surface area contributed by atoms with Crippen LogP contribution in [0.1, 0.15) is 25.5 Å². The molecule has 0 aliphatic heterocycles. The van der Waals surface area contributed by atoms with Gasteiger partial charge in [0.25, 0.3) is 0 Å². The Morgan fingerprint density at radius 3 is 2.08 bits per heavy atom. The molecule has 6 heteroatoms. The second-order valence-corrected chi connectivity index (χ2v) is 5.44. The molecule has 0 saturated heterocycles. The van der Waals surface area contributed by atoms with E-state index in [0.717, 1.165) is 11.3 Å². The quantitative estimate of drug-likeness (QED) is 0.761. The van der Waals surface area contributed by atoms with Crippen LogP contribution in [0.15, 0.2) is 54.6 Å². The van der Waals surface area contributed by atoms with E-state index in [1.165, 1.54) is 0 Å². The summed E-state index contributed by atoms with van der Waals surface area (Å²) < 4.78 is 5.73. The van der Waals surface area contributed by atoms with Gasteiger partial charge >= 0.3 is 6.03 Å². The first-order chi connectivity index (χ1) is 11.5. The summed E-state index contributed by atoms with van der Waals surface area (Å²) in [7, 11) is 0. The molecule has 0 aliphatic rings. The van der Waals surface area contributed by atoms with E-state index in [1.54, 1.807) is 6.92 Å². The summed E-state index contributed by atoms with van der Waals surface area (Å²) in [6.45, 7) is 3.44. The molecule has 0 radical (unpaired) electrons. The molecule has 4 N–H and O–H groups in total. The fourth-order valence-corrected chi connectivity index (χ4v) is 2.15. The van der Waals surface area contributed by atoms with E-state index in [2.05, 4.69) is 10.6 Å². The normalized spacial score (nSPS) is 12.8. The number of hydrogen-bond acceptors (Lipinski definition) is 3. The van der Waals surface area contributed by atoms with Gasteiger partial charge in [0.2, 0.25) is 5.91 Å². The molecule has 2 atom stereocenters. The number of primary amides is 1. The molecule has 0 aromatic heterocycles. The Hall–Kier alpha value is -3.02. The lowest BCUT2D eigenvalue weighted by Crippen LogP contribution is -2.47. The Morgan fingerprint density at radius 2 is 1.50 bits per heavy atom. The Bertz CT molecular complexity index is 686. The number of amides is 3. The highest BCUT2D eigenvalue weighted by Crippen LogP contribution is 2.23. The van der Waals surface area contributed by atoms with Crippen molar-refractivity contribution in [1.82, 2.24) is 10.6 Å². The first kappa shape index (κ1) is 17.3. The summed E-state index contributed by atoms with van der Waals surface area (Å²) in [6.07, 6.45) is 0. The van der Waals surface area contributed by atoms with Gasteiger partial charge in [0, 0.05) is 0 Å². The summed E-state index contributed by atoms with van der Waals surface area (Å²) in [5.41, 5.74) is 5.94. The van der Waals surface area contributed by atoms with Gasteiger partial charge in [-0.15, -0.1) is 0 Å². The van der Waals surface area contributed by atoms with Crippen LogP contribution in [0.3, 0.4) is 0 Å². The van der Waals surface area contributed by atoms with Gasteiger partial charge in [-0.05, 0) is 43.7 Å². The molecule has 6 nitrogen and oxygen atoms in total. The van der Waals surface area contributed by atoms with Crippen molar-refractivity contribution < 1.29 is 14.3 Å². The lowest BCUT2D eigenvalue weighted by Gasteiger charge is -2.18. The third-order valence-electron chi connectivity index (χ3n) is 3.47. The zero-order valence-electron chi connectivity index (χ0n) is 13.7. The molecular weight excluding hydrogens is 306 g/mol. The molecule has 0 bridgehead atoms. The van der Waals surface area contributed by atoms with Crippen LogP contribution >= 0.6 is 0 Å². The maximum absolute atomic E-state index is 12.0. The van der Waals surface area contributed by atoms with Gasteiger partial charge in [0.1, 0.15) is 17.5 Å². The zero-order valence-corrected chi connectivity index (χ0v) is 13.7. The molecule has 0 heterocycles. The highest BCUT2D eigenvalue weighted by Gasteiger charge is 2.17. The van der Waals surface area contributed by atoms with E-state index in [0.29, 0.717) is 5.75 Å². The predicted molar refractivity (Wildman–Crippen MR) is 91.7 cm³/mol. The van der Waals surface area contributed by atoms with Gasteiger partial charge < -0.3 is 21.1 Å². The van der Waals surface area contributed by atoms with Crippen molar-refractivity contribution in [2.45, 2.75) is 25.9 Å².